The summed E-state index contributed by atoms with van der Waals surface area (Å²) < 4.78 is 0. The summed E-state index contributed by atoms with van der Waals surface area (Å²) in [6.07, 6.45) is 0. The zero-order chi connectivity index (χ0) is 13.1. The minimum Gasteiger partial charge on any atom is -0.337 e. The van der Waals surface area contributed by atoms with E-state index in [9.17, 15) is 4.79 Å². The van der Waals surface area contributed by atoms with Crippen LogP contribution in [-0.2, 0) is 6.54 Å². The minimum absolute atomic E-state index is 0.0755. The van der Waals surface area contributed by atoms with Gasteiger partial charge in [-0.25, -0.2) is 0 Å². The molecule has 0 fully saturated rings. The summed E-state index contributed by atoms with van der Waals surface area (Å²) >= 11 is 1.70. The largest absolute Gasteiger partial charge is 0.337 e. The molecule has 0 unspecified atom stereocenters. The van der Waals surface area contributed by atoms with Crippen LogP contribution in [0.25, 0.3) is 0 Å². The summed E-state index contributed by atoms with van der Waals surface area (Å²) in [5.41, 5.74) is 3.12. The second-order valence-corrected chi connectivity index (χ2v) is 5.56. The number of rotatable bonds is 3. The molecule has 0 saturated heterocycles. The Hall–Kier alpha value is -1.61. The van der Waals surface area contributed by atoms with Gasteiger partial charge in [-0.15, -0.1) is 11.3 Å². The van der Waals surface area contributed by atoms with E-state index in [1.807, 2.05) is 38.2 Å². The van der Waals surface area contributed by atoms with Crippen molar-refractivity contribution in [2.45, 2.75) is 20.4 Å². The first-order valence-corrected chi connectivity index (χ1v) is 6.81. The lowest BCUT2D eigenvalue weighted by Crippen LogP contribution is -2.26. The molecule has 3 heteroatoms. The Morgan fingerprint density at radius 1 is 1.28 bits per heavy atom. The first-order chi connectivity index (χ1) is 8.58. The van der Waals surface area contributed by atoms with Gasteiger partial charge in [-0.05, 0) is 43.0 Å². The average molecular weight is 259 g/mol. The van der Waals surface area contributed by atoms with Crippen molar-refractivity contribution in [3.05, 3.63) is 57.3 Å². The summed E-state index contributed by atoms with van der Waals surface area (Å²) in [5, 5.41) is 2.07. The van der Waals surface area contributed by atoms with E-state index >= 15 is 0 Å². The molecule has 0 bridgehead atoms. The zero-order valence-electron chi connectivity index (χ0n) is 10.9. The number of thiophene rings is 1. The third-order valence-electron chi connectivity index (χ3n) is 2.96. The van der Waals surface area contributed by atoms with Crippen molar-refractivity contribution in [3.8, 4) is 0 Å². The lowest BCUT2D eigenvalue weighted by atomic mass is 10.1. The summed E-state index contributed by atoms with van der Waals surface area (Å²) in [6, 6.07) is 9.81. The molecular formula is C15H17NOS. The van der Waals surface area contributed by atoms with Crippen LogP contribution >= 0.6 is 11.3 Å². The standard InChI is InChI=1S/C15H17NOS/c1-11-5-4-6-13(9-11)15(17)16(3)10-14-12(2)7-8-18-14/h4-9H,10H2,1-3H3. The molecule has 1 heterocycles. The third-order valence-corrected chi connectivity index (χ3v) is 3.97. The molecule has 0 aliphatic carbocycles. The van der Waals surface area contributed by atoms with Crippen LogP contribution in [-0.4, -0.2) is 17.9 Å². The fourth-order valence-corrected chi connectivity index (χ4v) is 2.81. The van der Waals surface area contributed by atoms with Crippen molar-refractivity contribution < 1.29 is 4.79 Å². The lowest BCUT2D eigenvalue weighted by Gasteiger charge is -2.17. The molecule has 0 N–H and O–H groups in total. The van der Waals surface area contributed by atoms with Gasteiger partial charge in [0.25, 0.3) is 5.91 Å². The van der Waals surface area contributed by atoms with Gasteiger partial charge in [-0.2, -0.15) is 0 Å². The predicted molar refractivity (Wildman–Crippen MR) is 76.0 cm³/mol. The molecule has 0 atom stereocenters. The first-order valence-electron chi connectivity index (χ1n) is 5.93. The van der Waals surface area contributed by atoms with E-state index < -0.39 is 0 Å². The Balaban J connectivity index is 2.12. The van der Waals surface area contributed by atoms with Crippen molar-refractivity contribution >= 4 is 17.2 Å². The molecule has 0 radical (unpaired) electrons. The number of benzene rings is 1. The van der Waals surface area contributed by atoms with Gasteiger partial charge in [-0.3, -0.25) is 4.79 Å². The molecule has 2 aromatic rings. The maximum Gasteiger partial charge on any atom is 0.253 e. The summed E-state index contributed by atoms with van der Waals surface area (Å²) in [6.45, 7) is 4.76. The SMILES string of the molecule is Cc1cccc(C(=O)N(C)Cc2sccc2C)c1. The number of amides is 1. The van der Waals surface area contributed by atoms with Crippen molar-refractivity contribution in [1.29, 1.82) is 0 Å². The van der Waals surface area contributed by atoms with Gasteiger partial charge in [0.2, 0.25) is 0 Å². The van der Waals surface area contributed by atoms with Crippen LogP contribution < -0.4 is 0 Å². The Bertz CT molecular complexity index is 559. The van der Waals surface area contributed by atoms with E-state index in [-0.39, 0.29) is 5.91 Å². The van der Waals surface area contributed by atoms with Gasteiger partial charge in [0.1, 0.15) is 0 Å². The maximum absolute atomic E-state index is 12.3. The number of hydrogen-bond donors (Lipinski definition) is 0. The van der Waals surface area contributed by atoms with Crippen LogP contribution in [0.2, 0.25) is 0 Å². The van der Waals surface area contributed by atoms with Crippen LogP contribution in [0, 0.1) is 13.8 Å². The van der Waals surface area contributed by atoms with Crippen molar-refractivity contribution in [3.63, 3.8) is 0 Å². The van der Waals surface area contributed by atoms with Crippen LogP contribution in [0.1, 0.15) is 26.4 Å². The van der Waals surface area contributed by atoms with Gasteiger partial charge < -0.3 is 4.90 Å². The second-order valence-electron chi connectivity index (χ2n) is 4.56. The molecule has 18 heavy (non-hydrogen) atoms. The molecule has 0 spiro atoms. The van der Waals surface area contributed by atoms with E-state index in [0.29, 0.717) is 6.54 Å². The average Bonchev–Trinajstić information content (AvgIpc) is 2.74. The van der Waals surface area contributed by atoms with Crippen molar-refractivity contribution in [1.82, 2.24) is 4.90 Å². The summed E-state index contributed by atoms with van der Waals surface area (Å²) in [4.78, 5) is 15.3. The molecule has 0 aliphatic heterocycles. The van der Waals surface area contributed by atoms with E-state index in [2.05, 4.69) is 18.4 Å². The molecule has 2 rings (SSSR count). The van der Waals surface area contributed by atoms with E-state index in [1.54, 1.807) is 16.2 Å². The van der Waals surface area contributed by atoms with Gasteiger partial charge in [0.15, 0.2) is 0 Å². The van der Waals surface area contributed by atoms with Gasteiger partial charge >= 0.3 is 0 Å². The highest BCUT2D eigenvalue weighted by Crippen LogP contribution is 2.18. The van der Waals surface area contributed by atoms with E-state index in [0.717, 1.165) is 11.1 Å². The Morgan fingerprint density at radius 2 is 2.06 bits per heavy atom. The fraction of sp³-hybridized carbons (Fsp3) is 0.267. The van der Waals surface area contributed by atoms with Crippen LogP contribution in [0.4, 0.5) is 0 Å². The number of nitrogens with zero attached hydrogens (tertiary/aromatic N) is 1. The maximum atomic E-state index is 12.3. The topological polar surface area (TPSA) is 20.3 Å². The quantitative estimate of drug-likeness (QED) is 0.824. The summed E-state index contributed by atoms with van der Waals surface area (Å²) in [7, 11) is 1.85. The molecular weight excluding hydrogens is 242 g/mol. The zero-order valence-corrected chi connectivity index (χ0v) is 11.8. The van der Waals surface area contributed by atoms with Gasteiger partial charge in [0.05, 0.1) is 6.54 Å². The number of carbonyl (C=O) groups excluding carboxylic acids is 1. The van der Waals surface area contributed by atoms with Crippen LogP contribution in [0.5, 0.6) is 0 Å². The molecule has 0 saturated carbocycles. The van der Waals surface area contributed by atoms with E-state index in [4.69, 9.17) is 0 Å². The summed E-state index contributed by atoms with van der Waals surface area (Å²) in [5.74, 6) is 0.0755. The van der Waals surface area contributed by atoms with Crippen molar-refractivity contribution in [2.24, 2.45) is 0 Å². The molecule has 1 aromatic heterocycles. The van der Waals surface area contributed by atoms with E-state index in [1.165, 1.54) is 10.4 Å². The lowest BCUT2D eigenvalue weighted by molar-refractivity contribution is 0.0786. The molecule has 2 nitrogen and oxygen atoms in total. The highest BCUT2D eigenvalue weighted by Gasteiger charge is 2.13. The molecule has 1 amide bonds. The van der Waals surface area contributed by atoms with Gasteiger partial charge in [-0.1, -0.05) is 17.7 Å². The second kappa shape index (κ2) is 5.36. The highest BCUT2D eigenvalue weighted by atomic mass is 32.1. The van der Waals surface area contributed by atoms with Gasteiger partial charge in [0, 0.05) is 17.5 Å². The number of aryl methyl sites for hydroxylation is 2. The van der Waals surface area contributed by atoms with Crippen LogP contribution in [0.15, 0.2) is 35.7 Å². The molecule has 0 aliphatic rings. The Kier molecular flexibility index (Phi) is 3.82. The first kappa shape index (κ1) is 12.8. The third kappa shape index (κ3) is 2.79. The number of carbonyl (C=O) groups is 1. The monoisotopic (exact) mass is 259 g/mol. The minimum atomic E-state index is 0.0755. The number of hydrogen-bond acceptors (Lipinski definition) is 2. The highest BCUT2D eigenvalue weighted by molar-refractivity contribution is 7.10. The predicted octanol–water partition coefficient (Wildman–Crippen LogP) is 3.64. The normalized spacial score (nSPS) is 10.4. The smallest absolute Gasteiger partial charge is 0.253 e. The van der Waals surface area contributed by atoms with Crippen LogP contribution in [0.3, 0.4) is 0 Å². The van der Waals surface area contributed by atoms with Crippen molar-refractivity contribution in [2.75, 3.05) is 7.05 Å². The Labute approximate surface area is 112 Å². The molecule has 1 aromatic carbocycles. The molecule has 94 valence electrons. The fourth-order valence-electron chi connectivity index (χ4n) is 1.85. The Morgan fingerprint density at radius 3 is 2.67 bits per heavy atom.